The highest BCUT2D eigenvalue weighted by molar-refractivity contribution is 5.98. The number of hydrogen-bond donors (Lipinski definition) is 2. The van der Waals surface area contributed by atoms with E-state index >= 15 is 0 Å². The van der Waals surface area contributed by atoms with Crippen LogP contribution < -0.4 is 5.32 Å². The van der Waals surface area contributed by atoms with Crippen LogP contribution in [0.5, 0.6) is 0 Å². The van der Waals surface area contributed by atoms with Gasteiger partial charge in [-0.1, -0.05) is 0 Å². The first-order valence-electron chi connectivity index (χ1n) is 5.62. The summed E-state index contributed by atoms with van der Waals surface area (Å²) >= 11 is 0. The second-order valence-electron chi connectivity index (χ2n) is 4.32. The van der Waals surface area contributed by atoms with Gasteiger partial charge in [0.2, 0.25) is 0 Å². The van der Waals surface area contributed by atoms with Crippen LogP contribution in [0.25, 0.3) is 10.8 Å². The Bertz CT molecular complexity index is 591. The average Bonchev–Trinajstić information content (AvgIpc) is 3.12. The van der Waals surface area contributed by atoms with Gasteiger partial charge in [0.05, 0.1) is 5.56 Å². The van der Waals surface area contributed by atoms with E-state index < -0.39 is 5.97 Å². The van der Waals surface area contributed by atoms with Gasteiger partial charge < -0.3 is 10.4 Å². The molecule has 1 aromatic heterocycles. The van der Waals surface area contributed by atoms with Gasteiger partial charge in [0.25, 0.3) is 0 Å². The zero-order chi connectivity index (χ0) is 11.8. The highest BCUT2D eigenvalue weighted by Crippen LogP contribution is 2.28. The number of anilines is 1. The molecule has 0 unspecified atom stereocenters. The highest BCUT2D eigenvalue weighted by Gasteiger charge is 2.22. The predicted molar refractivity (Wildman–Crippen MR) is 65.3 cm³/mol. The lowest BCUT2D eigenvalue weighted by Gasteiger charge is -2.07. The minimum absolute atomic E-state index is 0.307. The lowest BCUT2D eigenvalue weighted by atomic mass is 10.1. The molecular weight excluding hydrogens is 216 g/mol. The van der Waals surface area contributed by atoms with Crippen LogP contribution in [0.3, 0.4) is 0 Å². The van der Waals surface area contributed by atoms with Gasteiger partial charge in [-0.25, -0.2) is 9.78 Å². The third kappa shape index (κ3) is 1.93. The minimum Gasteiger partial charge on any atom is -0.478 e. The van der Waals surface area contributed by atoms with Gasteiger partial charge in [0, 0.05) is 17.6 Å². The summed E-state index contributed by atoms with van der Waals surface area (Å²) < 4.78 is 0. The van der Waals surface area contributed by atoms with E-state index in [1.165, 1.54) is 12.8 Å². The van der Waals surface area contributed by atoms with Crippen LogP contribution >= 0.6 is 0 Å². The molecule has 0 atom stereocenters. The van der Waals surface area contributed by atoms with Crippen molar-refractivity contribution in [2.75, 3.05) is 5.32 Å². The number of hydrogen-bond acceptors (Lipinski definition) is 3. The lowest BCUT2D eigenvalue weighted by Crippen LogP contribution is -2.03. The molecule has 1 heterocycles. The smallest absolute Gasteiger partial charge is 0.335 e. The van der Waals surface area contributed by atoms with Gasteiger partial charge in [-0.15, -0.1) is 0 Å². The predicted octanol–water partition coefficient (Wildman–Crippen LogP) is 2.51. The number of nitrogens with zero attached hydrogens (tertiary/aromatic N) is 1. The summed E-state index contributed by atoms with van der Waals surface area (Å²) in [4.78, 5) is 15.2. The molecule has 1 aliphatic carbocycles. The molecule has 17 heavy (non-hydrogen) atoms. The lowest BCUT2D eigenvalue weighted by molar-refractivity contribution is 0.0697. The number of fused-ring (bicyclic) bond motifs is 1. The van der Waals surface area contributed by atoms with E-state index in [0.29, 0.717) is 11.6 Å². The fourth-order valence-electron chi connectivity index (χ4n) is 1.85. The Labute approximate surface area is 98.3 Å². The van der Waals surface area contributed by atoms with Crippen LogP contribution in [0.15, 0.2) is 30.5 Å². The van der Waals surface area contributed by atoms with Crippen LogP contribution in [0.4, 0.5) is 5.82 Å². The van der Waals surface area contributed by atoms with Gasteiger partial charge >= 0.3 is 5.97 Å². The average molecular weight is 228 g/mol. The number of pyridine rings is 1. The number of benzene rings is 1. The second-order valence-corrected chi connectivity index (χ2v) is 4.32. The molecule has 1 aliphatic rings. The number of carboxylic acid groups (broad SMARTS) is 1. The first-order chi connectivity index (χ1) is 8.24. The molecular formula is C13H12N2O2. The van der Waals surface area contributed by atoms with E-state index in [1.54, 1.807) is 18.3 Å². The number of aromatic carboxylic acids is 1. The summed E-state index contributed by atoms with van der Waals surface area (Å²) in [6, 6.07) is 7.48. The number of nitrogens with one attached hydrogen (secondary N) is 1. The van der Waals surface area contributed by atoms with Crippen LogP contribution in [0.1, 0.15) is 23.2 Å². The molecule has 2 N–H and O–H groups in total. The molecule has 86 valence electrons. The number of rotatable bonds is 3. The van der Waals surface area contributed by atoms with E-state index in [1.807, 2.05) is 12.1 Å². The number of aromatic nitrogens is 1. The molecule has 0 bridgehead atoms. The SMILES string of the molecule is O=C(O)c1ccc2c(NC3CC3)nccc2c1. The molecule has 0 spiro atoms. The summed E-state index contributed by atoms with van der Waals surface area (Å²) in [5.41, 5.74) is 0.307. The van der Waals surface area contributed by atoms with E-state index in [0.717, 1.165) is 16.6 Å². The molecule has 1 fully saturated rings. The maximum Gasteiger partial charge on any atom is 0.335 e. The van der Waals surface area contributed by atoms with Crippen molar-refractivity contribution in [2.45, 2.75) is 18.9 Å². The minimum atomic E-state index is -0.902. The Balaban J connectivity index is 2.08. The molecule has 3 rings (SSSR count). The summed E-state index contributed by atoms with van der Waals surface area (Å²) in [6.45, 7) is 0. The van der Waals surface area contributed by atoms with Gasteiger partial charge in [-0.05, 0) is 42.5 Å². The second kappa shape index (κ2) is 3.73. The molecule has 4 heteroatoms. The Hall–Kier alpha value is -2.10. The zero-order valence-corrected chi connectivity index (χ0v) is 9.18. The van der Waals surface area contributed by atoms with Gasteiger partial charge in [0.15, 0.2) is 0 Å². The summed E-state index contributed by atoms with van der Waals surface area (Å²) in [5, 5.41) is 14.2. The van der Waals surface area contributed by atoms with Crippen molar-refractivity contribution >= 4 is 22.6 Å². The van der Waals surface area contributed by atoms with Crippen LogP contribution in [0.2, 0.25) is 0 Å². The zero-order valence-electron chi connectivity index (χ0n) is 9.18. The fourth-order valence-corrected chi connectivity index (χ4v) is 1.85. The standard InChI is InChI=1S/C13H12N2O2/c16-13(17)9-1-4-11-8(7-9)5-6-14-12(11)15-10-2-3-10/h1,4-7,10H,2-3H2,(H,14,15)(H,16,17). The van der Waals surface area contributed by atoms with Crippen molar-refractivity contribution in [3.8, 4) is 0 Å². The van der Waals surface area contributed by atoms with Crippen molar-refractivity contribution in [1.82, 2.24) is 4.98 Å². The highest BCUT2D eigenvalue weighted by atomic mass is 16.4. The molecule has 1 saturated carbocycles. The first-order valence-corrected chi connectivity index (χ1v) is 5.62. The summed E-state index contributed by atoms with van der Waals surface area (Å²) in [7, 11) is 0. The van der Waals surface area contributed by atoms with Gasteiger partial charge in [0.1, 0.15) is 5.82 Å². The van der Waals surface area contributed by atoms with E-state index in [-0.39, 0.29) is 0 Å². The normalized spacial score (nSPS) is 14.8. The van der Waals surface area contributed by atoms with Crippen molar-refractivity contribution in [1.29, 1.82) is 0 Å². The summed E-state index contributed by atoms with van der Waals surface area (Å²) in [6.07, 6.45) is 4.08. The fraction of sp³-hybridized carbons (Fsp3) is 0.231. The molecule has 4 nitrogen and oxygen atoms in total. The first kappa shape index (κ1) is 10.1. The molecule has 0 amide bonds. The van der Waals surface area contributed by atoms with Crippen molar-refractivity contribution in [2.24, 2.45) is 0 Å². The Kier molecular flexibility index (Phi) is 2.21. The quantitative estimate of drug-likeness (QED) is 0.847. The summed E-state index contributed by atoms with van der Waals surface area (Å²) in [5.74, 6) is -0.0534. The number of carboxylic acids is 1. The van der Waals surface area contributed by atoms with E-state index in [9.17, 15) is 4.79 Å². The van der Waals surface area contributed by atoms with Gasteiger partial charge in [-0.2, -0.15) is 0 Å². The van der Waals surface area contributed by atoms with E-state index in [2.05, 4.69) is 10.3 Å². The van der Waals surface area contributed by atoms with E-state index in [4.69, 9.17) is 5.11 Å². The Morgan fingerprint density at radius 1 is 1.35 bits per heavy atom. The maximum atomic E-state index is 10.9. The van der Waals surface area contributed by atoms with Crippen LogP contribution in [-0.2, 0) is 0 Å². The van der Waals surface area contributed by atoms with Crippen LogP contribution in [-0.4, -0.2) is 22.1 Å². The molecule has 0 saturated heterocycles. The van der Waals surface area contributed by atoms with Gasteiger partial charge in [-0.3, -0.25) is 0 Å². The topological polar surface area (TPSA) is 62.2 Å². The molecule has 1 aromatic carbocycles. The van der Waals surface area contributed by atoms with Crippen molar-refractivity contribution in [3.05, 3.63) is 36.0 Å². The number of carbonyl (C=O) groups is 1. The third-order valence-corrected chi connectivity index (χ3v) is 2.93. The molecule has 0 aliphatic heterocycles. The van der Waals surface area contributed by atoms with Crippen LogP contribution in [0, 0.1) is 0 Å². The monoisotopic (exact) mass is 228 g/mol. The third-order valence-electron chi connectivity index (χ3n) is 2.93. The largest absolute Gasteiger partial charge is 0.478 e. The molecule has 0 radical (unpaired) electrons. The van der Waals surface area contributed by atoms with Crippen molar-refractivity contribution in [3.63, 3.8) is 0 Å². The Morgan fingerprint density at radius 3 is 2.88 bits per heavy atom. The maximum absolute atomic E-state index is 10.9. The molecule has 2 aromatic rings. The van der Waals surface area contributed by atoms with Crippen molar-refractivity contribution < 1.29 is 9.90 Å². The Morgan fingerprint density at radius 2 is 2.18 bits per heavy atom.